The maximum Gasteiger partial charge on any atom is 0.269 e. The van der Waals surface area contributed by atoms with Gasteiger partial charge < -0.3 is 5.11 Å². The molecular formula is C23H19FN2O3. The van der Waals surface area contributed by atoms with Crippen molar-refractivity contribution in [2.24, 2.45) is 0 Å². The third-order valence-electron chi connectivity index (χ3n) is 5.62. The van der Waals surface area contributed by atoms with E-state index in [1.54, 1.807) is 6.07 Å². The molecule has 0 spiro atoms. The molecule has 0 aliphatic carbocycles. The molecule has 0 bridgehead atoms. The predicted octanol–water partition coefficient (Wildman–Crippen LogP) is 4.08. The van der Waals surface area contributed by atoms with Crippen LogP contribution >= 0.6 is 0 Å². The first kappa shape index (κ1) is 18.8. The summed E-state index contributed by atoms with van der Waals surface area (Å²) in [5.41, 5.74) is 2.95. The molecule has 5 nitrogen and oxygen atoms in total. The average molecular weight is 390 g/mol. The summed E-state index contributed by atoms with van der Waals surface area (Å²) in [6, 6.07) is 18.1. The quantitative estimate of drug-likeness (QED) is 0.383. The molecule has 0 saturated heterocycles. The van der Waals surface area contributed by atoms with E-state index >= 15 is 0 Å². The second-order valence-electron chi connectivity index (χ2n) is 7.49. The van der Waals surface area contributed by atoms with Crippen molar-refractivity contribution >= 4 is 17.1 Å². The van der Waals surface area contributed by atoms with E-state index in [2.05, 4.69) is 0 Å². The fourth-order valence-corrected chi connectivity index (χ4v) is 4.35. The van der Waals surface area contributed by atoms with Gasteiger partial charge in [-0.2, -0.15) is 4.58 Å². The molecule has 0 amide bonds. The minimum Gasteiger partial charge on any atom is -0.872 e. The van der Waals surface area contributed by atoms with Gasteiger partial charge in [-0.05, 0) is 43.2 Å². The van der Waals surface area contributed by atoms with Crippen LogP contribution < -0.4 is 5.11 Å². The van der Waals surface area contributed by atoms with Crippen LogP contribution in [-0.2, 0) is 11.8 Å². The smallest absolute Gasteiger partial charge is 0.269 e. The first-order valence-electron chi connectivity index (χ1n) is 9.22. The van der Waals surface area contributed by atoms with Crippen LogP contribution in [-0.4, -0.2) is 22.3 Å². The second kappa shape index (κ2) is 6.81. The Hall–Kier alpha value is -3.54. The Morgan fingerprint density at radius 3 is 2.48 bits per heavy atom. The second-order valence-corrected chi connectivity index (χ2v) is 7.49. The number of nitro groups is 1. The summed E-state index contributed by atoms with van der Waals surface area (Å²) in [5, 5.41) is 23.7. The molecular weight excluding hydrogens is 371 g/mol. The molecule has 0 aromatic heterocycles. The molecule has 0 saturated carbocycles. The summed E-state index contributed by atoms with van der Waals surface area (Å²) in [5.74, 6) is -0.629. The van der Waals surface area contributed by atoms with Crippen LogP contribution in [0, 0.1) is 15.9 Å². The molecule has 146 valence electrons. The van der Waals surface area contributed by atoms with Crippen molar-refractivity contribution in [3.8, 4) is 5.75 Å². The Morgan fingerprint density at radius 2 is 1.79 bits per heavy atom. The molecule has 1 aliphatic heterocycles. The van der Waals surface area contributed by atoms with E-state index in [-0.39, 0.29) is 23.7 Å². The van der Waals surface area contributed by atoms with Crippen LogP contribution in [0.3, 0.4) is 0 Å². The number of fused-ring (bicyclic) bond motifs is 1. The van der Waals surface area contributed by atoms with E-state index in [0.717, 1.165) is 22.5 Å². The summed E-state index contributed by atoms with van der Waals surface area (Å²) < 4.78 is 16.2. The molecule has 0 fully saturated rings. The molecule has 29 heavy (non-hydrogen) atoms. The molecule has 1 atom stereocenters. The topological polar surface area (TPSA) is 69.2 Å². The lowest BCUT2D eigenvalue weighted by Crippen LogP contribution is -2.35. The largest absolute Gasteiger partial charge is 0.872 e. The molecule has 6 heteroatoms. The monoisotopic (exact) mass is 390 g/mol. The van der Waals surface area contributed by atoms with E-state index < -0.39 is 10.3 Å². The van der Waals surface area contributed by atoms with Gasteiger partial charge in [-0.25, -0.2) is 4.39 Å². The number of hydrogen-bond acceptors (Lipinski definition) is 3. The predicted molar refractivity (Wildman–Crippen MR) is 106 cm³/mol. The van der Waals surface area contributed by atoms with Gasteiger partial charge in [-0.3, -0.25) is 10.1 Å². The highest BCUT2D eigenvalue weighted by Crippen LogP contribution is 2.44. The fourth-order valence-electron chi connectivity index (χ4n) is 4.35. The lowest BCUT2D eigenvalue weighted by molar-refractivity contribution is -0.402. The highest BCUT2D eigenvalue weighted by molar-refractivity contribution is 6.07. The van der Waals surface area contributed by atoms with Crippen molar-refractivity contribution in [3.63, 3.8) is 0 Å². The van der Waals surface area contributed by atoms with Gasteiger partial charge in [0.25, 0.3) is 5.69 Å². The van der Waals surface area contributed by atoms with Crippen molar-refractivity contribution in [1.82, 2.24) is 0 Å². The van der Waals surface area contributed by atoms with E-state index in [4.69, 9.17) is 0 Å². The first-order valence-corrected chi connectivity index (χ1v) is 9.22. The summed E-state index contributed by atoms with van der Waals surface area (Å²) in [4.78, 5) is 10.7. The lowest BCUT2D eigenvalue weighted by Gasteiger charge is -2.26. The molecule has 3 aromatic rings. The summed E-state index contributed by atoms with van der Waals surface area (Å²) in [7, 11) is 1.91. The molecule has 4 rings (SSSR count). The average Bonchev–Trinajstić information content (AvgIpc) is 2.90. The van der Waals surface area contributed by atoms with E-state index in [0.29, 0.717) is 5.56 Å². The van der Waals surface area contributed by atoms with Crippen LogP contribution in [0.15, 0.2) is 66.7 Å². The highest BCUT2D eigenvalue weighted by Gasteiger charge is 2.48. The van der Waals surface area contributed by atoms with E-state index in [1.807, 2.05) is 48.9 Å². The van der Waals surface area contributed by atoms with Crippen molar-refractivity contribution in [3.05, 3.63) is 99.4 Å². The summed E-state index contributed by atoms with van der Waals surface area (Å²) in [6.07, 6.45) is 0.221. The number of halogens is 1. The molecule has 1 aliphatic rings. The molecule has 1 heterocycles. The minimum atomic E-state index is -0.734. The van der Waals surface area contributed by atoms with Gasteiger partial charge in [0.2, 0.25) is 5.69 Å². The molecule has 3 aromatic carbocycles. The van der Waals surface area contributed by atoms with Gasteiger partial charge in [0.05, 0.1) is 10.3 Å². The van der Waals surface area contributed by atoms with Crippen LogP contribution in [0.2, 0.25) is 0 Å². The summed E-state index contributed by atoms with van der Waals surface area (Å²) in [6.45, 7) is 1.95. The Balaban J connectivity index is 1.93. The van der Waals surface area contributed by atoms with E-state index in [1.165, 1.54) is 30.3 Å². The summed E-state index contributed by atoms with van der Waals surface area (Å²) >= 11 is 0. The van der Waals surface area contributed by atoms with Crippen molar-refractivity contribution < 1.29 is 19.0 Å². The highest BCUT2D eigenvalue weighted by atomic mass is 19.1. The zero-order valence-corrected chi connectivity index (χ0v) is 16.1. The van der Waals surface area contributed by atoms with Crippen molar-refractivity contribution in [1.29, 1.82) is 0 Å². The van der Waals surface area contributed by atoms with Gasteiger partial charge in [0.1, 0.15) is 12.9 Å². The van der Waals surface area contributed by atoms with Crippen molar-refractivity contribution in [2.45, 2.75) is 18.8 Å². The van der Waals surface area contributed by atoms with Crippen LogP contribution in [0.4, 0.5) is 15.8 Å². The van der Waals surface area contributed by atoms with E-state index in [9.17, 15) is 19.6 Å². The fraction of sp³-hybridized carbons (Fsp3) is 0.174. The number of nitrogens with zero attached hydrogens (tertiary/aromatic N) is 2. The number of non-ortho nitro benzene ring substituents is 1. The Kier molecular flexibility index (Phi) is 4.42. The standard InChI is InChI=1S/C23H19FN2O3/c1-23(14-16-12-18(26(28)29)9-11-21(16)27)19-13-17(24)8-10-20(19)25(2)22(23)15-6-4-3-5-7-15/h3-13H,14H2,1-2H3. The number of hydrogen-bond donors (Lipinski definition) is 0. The normalized spacial score (nSPS) is 18.0. The Bertz CT molecular complexity index is 1160. The zero-order valence-electron chi connectivity index (χ0n) is 16.1. The van der Waals surface area contributed by atoms with Crippen LogP contribution in [0.1, 0.15) is 23.6 Å². The van der Waals surface area contributed by atoms with Crippen molar-refractivity contribution in [2.75, 3.05) is 7.05 Å². The molecule has 0 N–H and O–H groups in total. The first-order chi connectivity index (χ1) is 13.8. The van der Waals surface area contributed by atoms with Gasteiger partial charge in [0.15, 0.2) is 5.71 Å². The molecule has 1 unspecified atom stereocenters. The van der Waals surface area contributed by atoms with Crippen LogP contribution in [0.25, 0.3) is 0 Å². The molecule has 0 radical (unpaired) electrons. The Morgan fingerprint density at radius 1 is 1.07 bits per heavy atom. The minimum absolute atomic E-state index is 0.129. The SMILES string of the molecule is C[N+]1=C(c2ccccc2)C(C)(Cc2cc([N+](=O)[O-])ccc2[O-])c2cc(F)ccc21. The maximum absolute atomic E-state index is 14.2. The Labute approximate surface area is 167 Å². The van der Waals surface area contributed by atoms with Gasteiger partial charge in [-0.15, -0.1) is 5.75 Å². The number of rotatable bonds is 4. The third-order valence-corrected chi connectivity index (χ3v) is 5.62. The number of benzene rings is 3. The number of nitro benzene ring substituents is 1. The zero-order chi connectivity index (χ0) is 20.8. The maximum atomic E-state index is 14.2. The van der Waals surface area contributed by atoms with Gasteiger partial charge in [-0.1, -0.05) is 24.3 Å². The van der Waals surface area contributed by atoms with Crippen LogP contribution in [0.5, 0.6) is 5.75 Å². The third kappa shape index (κ3) is 3.06. The lowest BCUT2D eigenvalue weighted by atomic mass is 9.72. The van der Waals surface area contributed by atoms with Gasteiger partial charge in [0, 0.05) is 29.3 Å². The van der Waals surface area contributed by atoms with Gasteiger partial charge >= 0.3 is 0 Å².